The average molecular weight is 265 g/mol. The summed E-state index contributed by atoms with van der Waals surface area (Å²) in [5, 5.41) is 0.486. The Morgan fingerprint density at radius 3 is 2.47 bits per heavy atom. The molecule has 1 aromatic carbocycles. The van der Waals surface area contributed by atoms with Crippen molar-refractivity contribution in [2.45, 2.75) is 18.7 Å². The van der Waals surface area contributed by atoms with E-state index in [1.807, 2.05) is 30.8 Å². The second-order valence-electron chi connectivity index (χ2n) is 3.61. The molecule has 88 valence electrons. The first-order valence-corrected chi connectivity index (χ1v) is 6.80. The highest BCUT2D eigenvalue weighted by atomic mass is 35.5. The summed E-state index contributed by atoms with van der Waals surface area (Å²) in [6.45, 7) is 4.06. The van der Waals surface area contributed by atoms with E-state index < -0.39 is 0 Å². The van der Waals surface area contributed by atoms with Crippen LogP contribution in [0.25, 0.3) is 11.4 Å². The first-order chi connectivity index (χ1) is 8.19. The van der Waals surface area contributed by atoms with Crippen LogP contribution in [-0.2, 0) is 0 Å². The number of benzene rings is 1. The summed E-state index contributed by atoms with van der Waals surface area (Å²) in [5.74, 6) is 1.76. The van der Waals surface area contributed by atoms with Crippen molar-refractivity contribution in [3.8, 4) is 11.4 Å². The zero-order valence-electron chi connectivity index (χ0n) is 9.77. The normalized spacial score (nSPS) is 10.5. The lowest BCUT2D eigenvalue weighted by molar-refractivity contribution is 1.11. The van der Waals surface area contributed by atoms with Crippen LogP contribution in [0.3, 0.4) is 0 Å². The molecule has 17 heavy (non-hydrogen) atoms. The third-order valence-electron chi connectivity index (χ3n) is 2.25. The topological polar surface area (TPSA) is 25.8 Å². The second kappa shape index (κ2) is 5.52. The summed E-state index contributed by atoms with van der Waals surface area (Å²) < 4.78 is 0. The highest BCUT2D eigenvalue weighted by Crippen LogP contribution is 2.23. The standard InChI is InChI=1S/C13H13ClN2S/c1-3-17-11-6-4-10(5-7-11)13-15-9(2)8-12(14)16-13/h4-8H,3H2,1-2H3. The monoisotopic (exact) mass is 264 g/mol. The maximum atomic E-state index is 5.93. The Morgan fingerprint density at radius 1 is 1.18 bits per heavy atom. The second-order valence-corrected chi connectivity index (χ2v) is 5.34. The Balaban J connectivity index is 2.32. The van der Waals surface area contributed by atoms with E-state index in [4.69, 9.17) is 11.6 Å². The Morgan fingerprint density at radius 2 is 1.88 bits per heavy atom. The summed E-state index contributed by atoms with van der Waals surface area (Å²) in [6.07, 6.45) is 0. The summed E-state index contributed by atoms with van der Waals surface area (Å²) >= 11 is 7.74. The van der Waals surface area contributed by atoms with Crippen molar-refractivity contribution in [1.29, 1.82) is 0 Å². The zero-order chi connectivity index (χ0) is 12.3. The van der Waals surface area contributed by atoms with Crippen LogP contribution >= 0.6 is 23.4 Å². The third-order valence-corrected chi connectivity index (χ3v) is 3.33. The number of aromatic nitrogens is 2. The van der Waals surface area contributed by atoms with Gasteiger partial charge in [-0.3, -0.25) is 0 Å². The molecule has 0 amide bonds. The van der Waals surface area contributed by atoms with Crippen molar-refractivity contribution in [3.05, 3.63) is 41.2 Å². The van der Waals surface area contributed by atoms with Crippen LogP contribution in [0, 0.1) is 6.92 Å². The first-order valence-electron chi connectivity index (χ1n) is 5.43. The van der Waals surface area contributed by atoms with Gasteiger partial charge < -0.3 is 0 Å². The molecule has 0 N–H and O–H groups in total. The molecule has 0 bridgehead atoms. The molecule has 0 aliphatic heterocycles. The molecule has 0 saturated carbocycles. The number of nitrogens with zero attached hydrogens (tertiary/aromatic N) is 2. The molecular formula is C13H13ClN2S. The van der Waals surface area contributed by atoms with Crippen LogP contribution in [0.4, 0.5) is 0 Å². The van der Waals surface area contributed by atoms with Crippen LogP contribution in [-0.4, -0.2) is 15.7 Å². The van der Waals surface area contributed by atoms with E-state index in [-0.39, 0.29) is 0 Å². The zero-order valence-corrected chi connectivity index (χ0v) is 11.3. The predicted molar refractivity (Wildman–Crippen MR) is 73.6 cm³/mol. The lowest BCUT2D eigenvalue weighted by Crippen LogP contribution is -1.92. The SMILES string of the molecule is CCSc1ccc(-c2nc(C)cc(Cl)n2)cc1. The van der Waals surface area contributed by atoms with Crippen LogP contribution in [0.15, 0.2) is 35.2 Å². The average Bonchev–Trinajstić information content (AvgIpc) is 2.29. The fourth-order valence-corrected chi connectivity index (χ4v) is 2.43. The van der Waals surface area contributed by atoms with Crippen molar-refractivity contribution >= 4 is 23.4 Å². The number of halogens is 1. The molecular weight excluding hydrogens is 252 g/mol. The van der Waals surface area contributed by atoms with Gasteiger partial charge in [-0.15, -0.1) is 11.8 Å². The van der Waals surface area contributed by atoms with E-state index in [1.165, 1.54) is 4.90 Å². The van der Waals surface area contributed by atoms with Gasteiger partial charge in [-0.1, -0.05) is 30.7 Å². The molecule has 0 spiro atoms. The van der Waals surface area contributed by atoms with Gasteiger partial charge in [0.2, 0.25) is 0 Å². The summed E-state index contributed by atoms with van der Waals surface area (Å²) in [4.78, 5) is 9.86. The minimum Gasteiger partial charge on any atom is -0.233 e. The largest absolute Gasteiger partial charge is 0.233 e. The maximum absolute atomic E-state index is 5.93. The molecule has 2 aromatic rings. The minimum absolute atomic E-state index is 0.486. The van der Waals surface area contributed by atoms with Crippen molar-refractivity contribution in [2.24, 2.45) is 0 Å². The fraction of sp³-hybridized carbons (Fsp3) is 0.231. The third kappa shape index (κ3) is 3.20. The van der Waals surface area contributed by atoms with Crippen molar-refractivity contribution in [3.63, 3.8) is 0 Å². The van der Waals surface area contributed by atoms with Gasteiger partial charge in [0, 0.05) is 16.2 Å². The fourth-order valence-electron chi connectivity index (χ4n) is 1.53. The molecule has 0 radical (unpaired) electrons. The smallest absolute Gasteiger partial charge is 0.161 e. The predicted octanol–water partition coefficient (Wildman–Crippen LogP) is 4.22. The molecule has 0 saturated heterocycles. The van der Waals surface area contributed by atoms with E-state index >= 15 is 0 Å². The number of aryl methyl sites for hydroxylation is 1. The van der Waals surface area contributed by atoms with E-state index in [0.717, 1.165) is 17.0 Å². The molecule has 1 heterocycles. The Bertz CT molecular complexity index is 491. The van der Waals surface area contributed by atoms with E-state index in [0.29, 0.717) is 11.0 Å². The molecule has 2 rings (SSSR count). The molecule has 0 unspecified atom stereocenters. The van der Waals surface area contributed by atoms with Gasteiger partial charge in [-0.25, -0.2) is 9.97 Å². The highest BCUT2D eigenvalue weighted by Gasteiger charge is 2.03. The van der Waals surface area contributed by atoms with Crippen molar-refractivity contribution in [2.75, 3.05) is 5.75 Å². The van der Waals surface area contributed by atoms with Gasteiger partial charge >= 0.3 is 0 Å². The Hall–Kier alpha value is -1.06. The quantitative estimate of drug-likeness (QED) is 0.613. The molecule has 0 aliphatic carbocycles. The molecule has 0 fully saturated rings. The van der Waals surface area contributed by atoms with Gasteiger partial charge in [0.05, 0.1) is 0 Å². The van der Waals surface area contributed by atoms with Crippen LogP contribution in [0.1, 0.15) is 12.6 Å². The highest BCUT2D eigenvalue weighted by molar-refractivity contribution is 7.99. The van der Waals surface area contributed by atoms with Gasteiger partial charge in [0.15, 0.2) is 5.82 Å². The van der Waals surface area contributed by atoms with Crippen molar-refractivity contribution in [1.82, 2.24) is 9.97 Å². The Kier molecular flexibility index (Phi) is 4.02. The van der Waals surface area contributed by atoms with E-state index in [1.54, 1.807) is 6.07 Å². The number of hydrogen-bond donors (Lipinski definition) is 0. The Labute approximate surface area is 110 Å². The van der Waals surface area contributed by atoms with Crippen LogP contribution < -0.4 is 0 Å². The lowest BCUT2D eigenvalue weighted by Gasteiger charge is -2.03. The number of thioether (sulfide) groups is 1. The van der Waals surface area contributed by atoms with Crippen LogP contribution in [0.2, 0.25) is 5.15 Å². The van der Waals surface area contributed by atoms with Crippen molar-refractivity contribution < 1.29 is 0 Å². The molecule has 4 heteroatoms. The summed E-state index contributed by atoms with van der Waals surface area (Å²) in [7, 11) is 0. The number of hydrogen-bond acceptors (Lipinski definition) is 3. The molecule has 0 aliphatic rings. The van der Waals surface area contributed by atoms with Gasteiger partial charge in [-0.2, -0.15) is 0 Å². The molecule has 2 nitrogen and oxygen atoms in total. The van der Waals surface area contributed by atoms with E-state index in [9.17, 15) is 0 Å². The van der Waals surface area contributed by atoms with Gasteiger partial charge in [0.25, 0.3) is 0 Å². The minimum atomic E-state index is 0.486. The lowest BCUT2D eigenvalue weighted by atomic mass is 10.2. The number of rotatable bonds is 3. The first kappa shape index (κ1) is 12.4. The summed E-state index contributed by atoms with van der Waals surface area (Å²) in [6, 6.07) is 9.99. The van der Waals surface area contributed by atoms with E-state index in [2.05, 4.69) is 29.0 Å². The van der Waals surface area contributed by atoms with Gasteiger partial charge in [0.1, 0.15) is 5.15 Å². The maximum Gasteiger partial charge on any atom is 0.161 e. The van der Waals surface area contributed by atoms with Crippen LogP contribution in [0.5, 0.6) is 0 Å². The molecule has 0 atom stereocenters. The summed E-state index contributed by atoms with van der Waals surface area (Å²) in [5.41, 5.74) is 1.88. The van der Waals surface area contributed by atoms with Gasteiger partial charge in [-0.05, 0) is 30.9 Å². The molecule has 1 aromatic heterocycles.